The van der Waals surface area contributed by atoms with E-state index in [2.05, 4.69) is 4.74 Å². The SMILES string of the molecule is O=C(OCCOC12CC3CC(C1)C1(OCC(F)(F)C(F)(F)CO1)C(C3)C2)C(F)(F)S(=O)(=O)F. The quantitative estimate of drug-likeness (QED) is 0.233. The van der Waals surface area contributed by atoms with Crippen LogP contribution in [0.2, 0.25) is 0 Å². The van der Waals surface area contributed by atoms with Crippen LogP contribution >= 0.6 is 0 Å². The summed E-state index contributed by atoms with van der Waals surface area (Å²) in [5.41, 5.74) is -0.868. The highest BCUT2D eigenvalue weighted by Gasteiger charge is 2.69. The van der Waals surface area contributed by atoms with Crippen molar-refractivity contribution in [3.63, 3.8) is 0 Å². The zero-order valence-corrected chi connectivity index (χ0v) is 17.8. The van der Waals surface area contributed by atoms with Crippen molar-refractivity contribution in [2.75, 3.05) is 26.4 Å². The van der Waals surface area contributed by atoms with Crippen LogP contribution in [0.5, 0.6) is 0 Å². The van der Waals surface area contributed by atoms with Gasteiger partial charge in [0.1, 0.15) is 19.8 Å². The molecule has 0 aromatic carbocycles. The molecule has 5 aliphatic rings. The van der Waals surface area contributed by atoms with E-state index in [-0.39, 0.29) is 18.8 Å². The molecular weight excluding hydrogens is 493 g/mol. The first kappa shape index (κ1) is 24.9. The average Bonchev–Trinajstić information content (AvgIpc) is 2.77. The number of halogens is 7. The van der Waals surface area contributed by atoms with Gasteiger partial charge in [-0.25, -0.2) is 4.79 Å². The van der Waals surface area contributed by atoms with Gasteiger partial charge in [0, 0.05) is 11.8 Å². The standard InChI is InChI=1S/C18H21F7O7S/c19-15(20)8-31-17(32-9-16(15,21)22)11-3-10-4-12(17)7-14(5-10,6-11)30-2-1-29-13(26)18(23,24)33(25,27)28/h10-12H,1-9H2. The fraction of sp³-hybridized carbons (Fsp3) is 0.944. The molecule has 7 nitrogen and oxygen atoms in total. The van der Waals surface area contributed by atoms with Crippen molar-refractivity contribution in [1.82, 2.24) is 0 Å². The molecule has 1 aliphatic heterocycles. The van der Waals surface area contributed by atoms with Gasteiger partial charge in [-0.2, -0.15) is 34.8 Å². The van der Waals surface area contributed by atoms with E-state index >= 15 is 0 Å². The van der Waals surface area contributed by atoms with Gasteiger partial charge >= 0.3 is 33.3 Å². The molecule has 1 spiro atoms. The monoisotopic (exact) mass is 514 g/mol. The third-order valence-corrected chi connectivity index (χ3v) is 7.81. The number of rotatable bonds is 6. The molecule has 4 bridgehead atoms. The van der Waals surface area contributed by atoms with Crippen LogP contribution in [0.25, 0.3) is 0 Å². The lowest BCUT2D eigenvalue weighted by Gasteiger charge is -2.63. The number of ether oxygens (including phenoxy) is 4. The van der Waals surface area contributed by atoms with Crippen LogP contribution in [0.15, 0.2) is 0 Å². The summed E-state index contributed by atoms with van der Waals surface area (Å²) in [4.78, 5) is 11.2. The fourth-order valence-corrected chi connectivity index (χ4v) is 6.00. The van der Waals surface area contributed by atoms with Crippen LogP contribution in [0.4, 0.5) is 30.2 Å². The second-order valence-corrected chi connectivity index (χ2v) is 10.6. The molecule has 190 valence electrons. The molecule has 5 fully saturated rings. The van der Waals surface area contributed by atoms with Gasteiger partial charge in [0.05, 0.1) is 12.2 Å². The highest BCUT2D eigenvalue weighted by molar-refractivity contribution is 7.88. The Balaban J connectivity index is 1.39. The summed E-state index contributed by atoms with van der Waals surface area (Å²) >= 11 is 0. The maximum atomic E-state index is 13.8. The molecule has 4 saturated carbocycles. The molecule has 4 aliphatic carbocycles. The van der Waals surface area contributed by atoms with E-state index in [1.165, 1.54) is 0 Å². The number of carbonyl (C=O) groups excluding carboxylic acids is 1. The summed E-state index contributed by atoms with van der Waals surface area (Å²) < 4.78 is 135. The molecule has 0 aromatic heterocycles. The summed E-state index contributed by atoms with van der Waals surface area (Å²) in [6.45, 7) is -4.20. The minimum Gasteiger partial charge on any atom is -0.458 e. The minimum absolute atomic E-state index is 0.0631. The Morgan fingerprint density at radius 2 is 1.45 bits per heavy atom. The molecule has 1 saturated heterocycles. The lowest BCUT2D eigenvalue weighted by atomic mass is 9.51. The second kappa shape index (κ2) is 7.65. The predicted octanol–water partition coefficient (Wildman–Crippen LogP) is 3.03. The minimum atomic E-state index is -6.49. The summed E-state index contributed by atoms with van der Waals surface area (Å²) in [7, 11) is -6.49. The molecule has 2 unspecified atom stereocenters. The molecule has 15 heteroatoms. The van der Waals surface area contributed by atoms with Gasteiger partial charge in [-0.05, 0) is 38.0 Å². The van der Waals surface area contributed by atoms with Crippen molar-refractivity contribution in [3.8, 4) is 0 Å². The van der Waals surface area contributed by atoms with Crippen LogP contribution in [0.3, 0.4) is 0 Å². The van der Waals surface area contributed by atoms with Gasteiger partial charge in [-0.1, -0.05) is 3.89 Å². The van der Waals surface area contributed by atoms with Crippen molar-refractivity contribution < 1.29 is 62.4 Å². The summed E-state index contributed by atoms with van der Waals surface area (Å²) in [6, 6.07) is 0. The first-order valence-electron chi connectivity index (χ1n) is 10.2. The van der Waals surface area contributed by atoms with E-state index in [4.69, 9.17) is 14.2 Å². The zero-order valence-electron chi connectivity index (χ0n) is 17.0. The molecule has 2 atom stereocenters. The molecule has 0 radical (unpaired) electrons. The Morgan fingerprint density at radius 1 is 0.939 bits per heavy atom. The molecule has 33 heavy (non-hydrogen) atoms. The number of hydrogen-bond acceptors (Lipinski definition) is 7. The first-order chi connectivity index (χ1) is 15.0. The van der Waals surface area contributed by atoms with Crippen LogP contribution in [0, 0.1) is 17.8 Å². The number of carbonyl (C=O) groups is 1. The Hall–Kier alpha value is -1.19. The summed E-state index contributed by atoms with van der Waals surface area (Å²) in [5, 5.41) is -5.35. The number of alkyl halides is 6. The van der Waals surface area contributed by atoms with Crippen LogP contribution in [-0.2, 0) is 34.0 Å². The van der Waals surface area contributed by atoms with Crippen molar-refractivity contribution >= 4 is 16.2 Å². The van der Waals surface area contributed by atoms with Crippen LogP contribution < -0.4 is 0 Å². The third kappa shape index (κ3) is 4.01. The summed E-state index contributed by atoms with van der Waals surface area (Å²) in [6.07, 6.45) is 1.87. The fourth-order valence-electron chi connectivity index (χ4n) is 5.74. The van der Waals surface area contributed by atoms with Gasteiger partial charge in [0.15, 0.2) is 5.79 Å². The highest BCUT2D eigenvalue weighted by Crippen LogP contribution is 2.63. The van der Waals surface area contributed by atoms with Crippen LogP contribution in [0.1, 0.15) is 32.1 Å². The molecule has 0 aromatic rings. The molecule has 5 rings (SSSR count). The Labute approximate surface area is 184 Å². The largest absolute Gasteiger partial charge is 0.470 e. The predicted molar refractivity (Wildman–Crippen MR) is 92.7 cm³/mol. The molecule has 0 amide bonds. The van der Waals surface area contributed by atoms with Crippen molar-refractivity contribution in [3.05, 3.63) is 0 Å². The molecule has 1 heterocycles. The first-order valence-corrected chi connectivity index (χ1v) is 11.6. The Bertz CT molecular complexity index is 874. The normalized spacial score (nSPS) is 36.5. The Morgan fingerprint density at radius 3 is 1.94 bits per heavy atom. The van der Waals surface area contributed by atoms with Gasteiger partial charge in [-0.3, -0.25) is 0 Å². The van der Waals surface area contributed by atoms with Crippen LogP contribution in [-0.4, -0.2) is 69.3 Å². The van der Waals surface area contributed by atoms with E-state index in [9.17, 15) is 43.4 Å². The van der Waals surface area contributed by atoms with E-state index in [1.807, 2.05) is 0 Å². The Kier molecular flexibility index (Phi) is 5.78. The van der Waals surface area contributed by atoms with Crippen molar-refractivity contribution in [2.45, 2.75) is 60.6 Å². The number of hydrogen-bond donors (Lipinski definition) is 0. The molecule has 0 N–H and O–H groups in total. The third-order valence-electron chi connectivity index (χ3n) is 7.03. The van der Waals surface area contributed by atoms with Gasteiger partial charge in [-0.15, -0.1) is 0 Å². The number of esters is 1. The average molecular weight is 514 g/mol. The topological polar surface area (TPSA) is 88.1 Å². The maximum Gasteiger partial charge on any atom is 0.470 e. The second-order valence-electron chi connectivity index (χ2n) is 9.17. The van der Waals surface area contributed by atoms with Gasteiger partial charge in [0.2, 0.25) is 0 Å². The lowest BCUT2D eigenvalue weighted by Crippen LogP contribution is -2.66. The molecular formula is C18H21F7O7S. The van der Waals surface area contributed by atoms with Gasteiger partial charge < -0.3 is 18.9 Å². The zero-order chi connectivity index (χ0) is 24.5. The summed E-state index contributed by atoms with van der Waals surface area (Å²) in [5.74, 6) is -14.0. The van der Waals surface area contributed by atoms with Gasteiger partial charge in [0.25, 0.3) is 0 Å². The smallest absolute Gasteiger partial charge is 0.458 e. The van der Waals surface area contributed by atoms with Crippen molar-refractivity contribution in [2.24, 2.45) is 17.8 Å². The van der Waals surface area contributed by atoms with E-state index in [0.717, 1.165) is 0 Å². The van der Waals surface area contributed by atoms with E-state index in [0.29, 0.717) is 19.3 Å². The van der Waals surface area contributed by atoms with Crippen molar-refractivity contribution in [1.29, 1.82) is 0 Å². The highest BCUT2D eigenvalue weighted by atomic mass is 32.3. The lowest BCUT2D eigenvalue weighted by molar-refractivity contribution is -0.358. The maximum absolute atomic E-state index is 13.8. The van der Waals surface area contributed by atoms with E-state index < -0.39 is 82.9 Å². The van der Waals surface area contributed by atoms with E-state index in [1.54, 1.807) is 0 Å².